The van der Waals surface area contributed by atoms with Crippen LogP contribution in [-0.4, -0.2) is 10.3 Å². The lowest BCUT2D eigenvalue weighted by Crippen LogP contribution is -2.33. The smallest absolute Gasteiger partial charge is 0.221 e. The molecule has 0 bridgehead atoms. The van der Waals surface area contributed by atoms with Crippen LogP contribution in [0.5, 0.6) is 0 Å². The number of hydrogen-bond acceptors (Lipinski definition) is 1. The number of rotatable bonds is 9. The molecule has 0 fully saturated rings. The van der Waals surface area contributed by atoms with Crippen molar-refractivity contribution in [3.63, 3.8) is 0 Å². The van der Waals surface area contributed by atoms with Crippen LogP contribution in [0, 0.1) is 0 Å². The van der Waals surface area contributed by atoms with Crippen LogP contribution in [0.2, 0.25) is 0 Å². The highest BCUT2D eigenvalue weighted by molar-refractivity contribution is 6.12. The predicted octanol–water partition coefficient (Wildman–Crippen LogP) is 14.6. The number of anilines is 3. The highest BCUT2D eigenvalue weighted by atomic mass is 15.1. The van der Waals surface area contributed by atoms with Crippen LogP contribution >= 0.6 is 0 Å². The van der Waals surface area contributed by atoms with E-state index in [9.17, 15) is 0 Å². The second kappa shape index (κ2) is 16.8. The lowest BCUT2D eigenvalue weighted by atomic mass is 9.94. The highest BCUT2D eigenvalue weighted by Gasteiger charge is 2.38. The Bertz CT molecular complexity index is 3520. The minimum atomic E-state index is 0.182. The Kier molecular flexibility index (Phi) is 9.96. The van der Waals surface area contributed by atoms with Crippen molar-refractivity contribution in [2.24, 2.45) is 0 Å². The van der Waals surface area contributed by atoms with E-state index in [4.69, 9.17) is 0 Å². The molecule has 0 spiro atoms. The third kappa shape index (κ3) is 7.25. The van der Waals surface area contributed by atoms with Crippen LogP contribution in [0.3, 0.4) is 0 Å². The normalized spacial score (nSPS) is 13.5. The molecule has 0 aromatic heterocycles. The van der Waals surface area contributed by atoms with Gasteiger partial charge < -0.3 is 4.90 Å². The number of benzene rings is 10. The summed E-state index contributed by atoms with van der Waals surface area (Å²) < 4.78 is 2.46. The van der Waals surface area contributed by atoms with Crippen molar-refractivity contribution in [1.82, 2.24) is 0 Å². The van der Waals surface area contributed by atoms with Gasteiger partial charge in [-0.05, 0) is 128 Å². The first-order chi connectivity index (χ1) is 32.7. The molecule has 0 saturated heterocycles. The molecule has 10 aromatic carbocycles. The van der Waals surface area contributed by atoms with E-state index >= 15 is 0 Å². The van der Waals surface area contributed by atoms with Crippen molar-refractivity contribution in [2.45, 2.75) is 6.04 Å². The van der Waals surface area contributed by atoms with Gasteiger partial charge in [-0.3, -0.25) is 0 Å². The fourth-order valence-corrected chi connectivity index (χ4v) is 9.89. The molecule has 2 heterocycles. The maximum Gasteiger partial charge on any atom is 0.221 e. The molecule has 2 nitrogen and oxygen atoms in total. The molecule has 0 radical (unpaired) electrons. The van der Waals surface area contributed by atoms with Crippen LogP contribution in [0.15, 0.2) is 255 Å². The van der Waals surface area contributed by atoms with Gasteiger partial charge in [0.05, 0.1) is 5.56 Å². The third-order valence-corrected chi connectivity index (χ3v) is 13.2. The fraction of sp³-hybridized carbons (Fsp3) is 0.0156. The van der Waals surface area contributed by atoms with Gasteiger partial charge in [0.2, 0.25) is 11.8 Å². The molecule has 1 unspecified atom stereocenters. The van der Waals surface area contributed by atoms with Crippen molar-refractivity contribution in [3.05, 3.63) is 282 Å². The predicted molar refractivity (Wildman–Crippen MR) is 276 cm³/mol. The molecule has 1 atom stereocenters. The minimum Gasteiger partial charge on any atom is -0.311 e. The van der Waals surface area contributed by atoms with Crippen LogP contribution in [-0.2, 0) is 0 Å². The summed E-state index contributed by atoms with van der Waals surface area (Å²) in [4.78, 5) is 2.35. The quantitative estimate of drug-likeness (QED) is 0.131. The monoisotopic (exact) mass is 841 g/mol. The minimum absolute atomic E-state index is 0.182. The topological polar surface area (TPSA) is 6.25 Å². The molecule has 66 heavy (non-hydrogen) atoms. The zero-order valence-corrected chi connectivity index (χ0v) is 36.4. The molecule has 10 aromatic rings. The molecular formula is C64H45N2+. The zero-order chi connectivity index (χ0) is 43.8. The molecule has 0 aliphatic carbocycles. The van der Waals surface area contributed by atoms with Gasteiger partial charge in [0.25, 0.3) is 0 Å². The molecule has 0 amide bonds. The van der Waals surface area contributed by atoms with Crippen LogP contribution in [0.1, 0.15) is 22.7 Å². The van der Waals surface area contributed by atoms with E-state index in [1.165, 1.54) is 88.5 Å². The summed E-state index contributed by atoms with van der Waals surface area (Å²) in [5, 5.41) is 2.50. The maximum atomic E-state index is 2.46. The Hall–Kier alpha value is -8.59. The third-order valence-electron chi connectivity index (χ3n) is 13.2. The van der Waals surface area contributed by atoms with E-state index in [2.05, 4.69) is 277 Å². The molecule has 2 aliphatic heterocycles. The van der Waals surface area contributed by atoms with E-state index in [1.54, 1.807) is 0 Å². The molecule has 310 valence electrons. The second-order valence-corrected chi connectivity index (χ2v) is 17.1. The van der Waals surface area contributed by atoms with Crippen LogP contribution in [0.4, 0.5) is 17.1 Å². The Morgan fingerprint density at radius 3 is 1.21 bits per heavy atom. The van der Waals surface area contributed by atoms with Crippen molar-refractivity contribution in [2.75, 3.05) is 4.90 Å². The van der Waals surface area contributed by atoms with Gasteiger partial charge in [0.15, 0.2) is 6.20 Å². The van der Waals surface area contributed by atoms with Gasteiger partial charge >= 0.3 is 0 Å². The van der Waals surface area contributed by atoms with E-state index < -0.39 is 0 Å². The van der Waals surface area contributed by atoms with E-state index in [0.717, 1.165) is 17.1 Å². The molecule has 0 N–H and O–H groups in total. The van der Waals surface area contributed by atoms with Crippen molar-refractivity contribution < 1.29 is 4.58 Å². The number of fused-ring (bicyclic) bond motifs is 4. The Morgan fingerprint density at radius 1 is 0.288 bits per heavy atom. The molecule has 12 rings (SSSR count). The molecular weight excluding hydrogens is 797 g/mol. The SMILES string of the molecule is C1=c2ccc(-c3ccc(-c4ccc(N(c5ccc(-c6ccccc6)cc5)c5ccc(-c6ccccc6-c6ccccc6)cc5)cc4)cc3)cc2=C[N+]2=C(c3ccccc3)c3ccccc3C12. The first-order valence-corrected chi connectivity index (χ1v) is 22.8. The fourth-order valence-electron chi connectivity index (χ4n) is 9.89. The summed E-state index contributed by atoms with van der Waals surface area (Å²) in [7, 11) is 0. The molecule has 2 aliphatic rings. The van der Waals surface area contributed by atoms with Crippen molar-refractivity contribution >= 4 is 35.0 Å². The van der Waals surface area contributed by atoms with Crippen molar-refractivity contribution in [3.8, 4) is 55.6 Å². The van der Waals surface area contributed by atoms with Crippen LogP contribution < -0.4 is 15.3 Å². The summed E-state index contributed by atoms with van der Waals surface area (Å²) in [5.41, 5.74) is 20.5. The highest BCUT2D eigenvalue weighted by Crippen LogP contribution is 2.40. The lowest BCUT2D eigenvalue weighted by molar-refractivity contribution is -0.448. The van der Waals surface area contributed by atoms with E-state index in [-0.39, 0.29) is 6.04 Å². The summed E-state index contributed by atoms with van der Waals surface area (Å²) >= 11 is 0. The largest absolute Gasteiger partial charge is 0.311 e. The number of hydrogen-bond donors (Lipinski definition) is 0. The van der Waals surface area contributed by atoms with Gasteiger partial charge in [-0.2, -0.15) is 4.58 Å². The maximum absolute atomic E-state index is 2.46. The van der Waals surface area contributed by atoms with Gasteiger partial charge in [0.1, 0.15) is 0 Å². The average molecular weight is 842 g/mol. The Labute approximate surface area is 386 Å². The van der Waals surface area contributed by atoms with E-state index in [0.29, 0.717) is 0 Å². The van der Waals surface area contributed by atoms with E-state index in [1.807, 2.05) is 0 Å². The average Bonchev–Trinajstić information content (AvgIpc) is 3.72. The van der Waals surface area contributed by atoms with Crippen LogP contribution in [0.25, 0.3) is 67.9 Å². The lowest BCUT2D eigenvalue weighted by Gasteiger charge is -2.26. The zero-order valence-electron chi connectivity index (χ0n) is 36.4. The van der Waals surface area contributed by atoms with Gasteiger partial charge in [0, 0.05) is 33.4 Å². The van der Waals surface area contributed by atoms with Gasteiger partial charge in [-0.15, -0.1) is 0 Å². The second-order valence-electron chi connectivity index (χ2n) is 17.1. The molecule has 0 saturated carbocycles. The summed E-state index contributed by atoms with van der Waals surface area (Å²) in [6, 6.07) is 92.5. The Morgan fingerprint density at radius 2 is 0.667 bits per heavy atom. The standard InChI is InChI=1S/C64H45N2/c1-4-14-45(15-5-1)47-30-36-56(37-31-47)66(58-40-34-51(35-41-58)60-21-11-10-20-59(60)50-16-6-2-7-17-50)57-38-32-48(33-39-57)46-24-26-49(27-25-46)53-28-29-54-43-63-61-22-12-13-23-62(61)64(52-18-8-3-9-19-52)65(63)44-55(54)42-53/h1-44,63H/q+1. The molecule has 2 heteroatoms. The van der Waals surface area contributed by atoms with Gasteiger partial charge in [-0.25, -0.2) is 0 Å². The number of nitrogens with zero attached hydrogens (tertiary/aromatic N) is 2. The van der Waals surface area contributed by atoms with Gasteiger partial charge in [-0.1, -0.05) is 194 Å². The van der Waals surface area contributed by atoms with Crippen molar-refractivity contribution in [1.29, 1.82) is 0 Å². The summed E-state index contributed by atoms with van der Waals surface area (Å²) in [6.07, 6.45) is 4.77. The first kappa shape index (κ1) is 39.0. The summed E-state index contributed by atoms with van der Waals surface area (Å²) in [6.45, 7) is 0. The summed E-state index contributed by atoms with van der Waals surface area (Å²) in [5.74, 6) is 0. The first-order valence-electron chi connectivity index (χ1n) is 22.8. The Balaban J connectivity index is 0.851.